The van der Waals surface area contributed by atoms with E-state index in [0.29, 0.717) is 0 Å². The van der Waals surface area contributed by atoms with Crippen LogP contribution in [0.15, 0.2) is 0 Å². The molecular formula is C12H24O5. The summed E-state index contributed by atoms with van der Waals surface area (Å²) < 4.78 is 11.0. The standard InChI is InChI=1S/C12H24O5/c1-6(2)11-10(15)12(16-7(3)4)9(14)8(5-13)17-11/h6-15H,5H2,1-4H3. The van der Waals surface area contributed by atoms with E-state index < -0.39 is 30.5 Å². The number of rotatable bonds is 4. The molecule has 0 aromatic heterocycles. The minimum absolute atomic E-state index is 0.0878. The quantitative estimate of drug-likeness (QED) is 0.648. The zero-order valence-corrected chi connectivity index (χ0v) is 10.9. The number of aliphatic hydroxyl groups is 3. The largest absolute Gasteiger partial charge is 0.394 e. The lowest BCUT2D eigenvalue weighted by Gasteiger charge is -2.44. The number of hydrogen-bond acceptors (Lipinski definition) is 5. The molecule has 5 atom stereocenters. The molecule has 3 N–H and O–H groups in total. The third-order valence-electron chi connectivity index (χ3n) is 2.99. The Balaban J connectivity index is 2.82. The minimum Gasteiger partial charge on any atom is -0.394 e. The van der Waals surface area contributed by atoms with Crippen LogP contribution in [-0.4, -0.2) is 58.6 Å². The molecule has 0 spiro atoms. The molecule has 1 aliphatic heterocycles. The first kappa shape index (κ1) is 14.9. The van der Waals surface area contributed by atoms with Gasteiger partial charge < -0.3 is 24.8 Å². The first-order chi connectivity index (χ1) is 7.88. The molecule has 0 saturated carbocycles. The highest BCUT2D eigenvalue weighted by Crippen LogP contribution is 2.28. The summed E-state index contributed by atoms with van der Waals surface area (Å²) in [4.78, 5) is 0. The molecule has 0 aromatic carbocycles. The molecule has 1 aliphatic rings. The van der Waals surface area contributed by atoms with Crippen molar-refractivity contribution in [3.63, 3.8) is 0 Å². The first-order valence-electron chi connectivity index (χ1n) is 6.16. The van der Waals surface area contributed by atoms with Crippen LogP contribution in [0.5, 0.6) is 0 Å². The van der Waals surface area contributed by atoms with Crippen LogP contribution in [0.3, 0.4) is 0 Å². The van der Waals surface area contributed by atoms with Gasteiger partial charge in [-0.1, -0.05) is 13.8 Å². The van der Waals surface area contributed by atoms with Gasteiger partial charge in [0.2, 0.25) is 0 Å². The Hall–Kier alpha value is -0.200. The van der Waals surface area contributed by atoms with Gasteiger partial charge in [0.1, 0.15) is 24.4 Å². The van der Waals surface area contributed by atoms with Gasteiger partial charge >= 0.3 is 0 Å². The van der Waals surface area contributed by atoms with E-state index in [0.717, 1.165) is 0 Å². The van der Waals surface area contributed by atoms with E-state index in [1.165, 1.54) is 0 Å². The molecule has 5 heteroatoms. The molecule has 0 radical (unpaired) electrons. The lowest BCUT2D eigenvalue weighted by Crippen LogP contribution is -2.61. The van der Waals surface area contributed by atoms with Crippen molar-refractivity contribution in [2.75, 3.05) is 6.61 Å². The number of ether oxygens (including phenoxy) is 2. The van der Waals surface area contributed by atoms with E-state index in [9.17, 15) is 15.3 Å². The summed E-state index contributed by atoms with van der Waals surface area (Å²) in [5, 5.41) is 29.3. The fourth-order valence-corrected chi connectivity index (χ4v) is 2.14. The van der Waals surface area contributed by atoms with E-state index >= 15 is 0 Å². The molecule has 102 valence electrons. The van der Waals surface area contributed by atoms with Gasteiger partial charge in [-0.3, -0.25) is 0 Å². The maximum absolute atomic E-state index is 10.1. The van der Waals surface area contributed by atoms with E-state index in [1.807, 2.05) is 27.7 Å². The minimum atomic E-state index is -1.01. The van der Waals surface area contributed by atoms with Crippen molar-refractivity contribution in [2.24, 2.45) is 5.92 Å². The predicted molar refractivity (Wildman–Crippen MR) is 62.6 cm³/mol. The molecule has 17 heavy (non-hydrogen) atoms. The summed E-state index contributed by atoms with van der Waals surface area (Å²) >= 11 is 0. The van der Waals surface area contributed by atoms with Gasteiger partial charge in [-0.25, -0.2) is 0 Å². The lowest BCUT2D eigenvalue weighted by atomic mass is 9.89. The van der Waals surface area contributed by atoms with Crippen molar-refractivity contribution in [1.82, 2.24) is 0 Å². The van der Waals surface area contributed by atoms with Gasteiger partial charge in [0.25, 0.3) is 0 Å². The molecule has 1 rings (SSSR count). The second-order valence-corrected chi connectivity index (χ2v) is 5.20. The SMILES string of the molecule is CC(C)OC1C(O)C(CO)OC(C(C)C)C1O. The molecular weight excluding hydrogens is 224 g/mol. The second-order valence-electron chi connectivity index (χ2n) is 5.20. The third-order valence-corrected chi connectivity index (χ3v) is 2.99. The van der Waals surface area contributed by atoms with Crippen molar-refractivity contribution in [2.45, 2.75) is 64.3 Å². The summed E-state index contributed by atoms with van der Waals surface area (Å²) in [6, 6.07) is 0. The molecule has 0 amide bonds. The Bertz CT molecular complexity index is 231. The van der Waals surface area contributed by atoms with Gasteiger partial charge in [0.15, 0.2) is 0 Å². The van der Waals surface area contributed by atoms with Crippen molar-refractivity contribution in [1.29, 1.82) is 0 Å². The van der Waals surface area contributed by atoms with E-state index in [2.05, 4.69) is 0 Å². The average Bonchev–Trinajstić information content (AvgIpc) is 2.23. The Morgan fingerprint density at radius 2 is 1.71 bits per heavy atom. The topological polar surface area (TPSA) is 79.2 Å². The van der Waals surface area contributed by atoms with E-state index in [1.54, 1.807) is 0 Å². The average molecular weight is 248 g/mol. The number of aliphatic hydroxyl groups excluding tert-OH is 3. The molecule has 0 aliphatic carbocycles. The smallest absolute Gasteiger partial charge is 0.115 e. The van der Waals surface area contributed by atoms with Crippen LogP contribution in [0, 0.1) is 5.92 Å². The second kappa shape index (κ2) is 6.11. The molecule has 0 aromatic rings. The molecule has 5 unspecified atom stereocenters. The van der Waals surface area contributed by atoms with Crippen LogP contribution in [0.25, 0.3) is 0 Å². The molecule has 1 heterocycles. The van der Waals surface area contributed by atoms with Crippen LogP contribution < -0.4 is 0 Å². The summed E-state index contributed by atoms with van der Waals surface area (Å²) in [6.45, 7) is 7.24. The Labute approximate surface area is 102 Å². The van der Waals surface area contributed by atoms with Crippen molar-refractivity contribution in [3.05, 3.63) is 0 Å². The van der Waals surface area contributed by atoms with Crippen LogP contribution in [0.2, 0.25) is 0 Å². The highest BCUT2D eigenvalue weighted by atomic mass is 16.6. The van der Waals surface area contributed by atoms with Crippen LogP contribution in [0.4, 0.5) is 0 Å². The monoisotopic (exact) mass is 248 g/mol. The number of hydrogen-bond donors (Lipinski definition) is 3. The van der Waals surface area contributed by atoms with Crippen molar-refractivity contribution < 1.29 is 24.8 Å². The predicted octanol–water partition coefficient (Wildman–Crippen LogP) is -0.0825. The van der Waals surface area contributed by atoms with Crippen LogP contribution in [-0.2, 0) is 9.47 Å². The molecule has 5 nitrogen and oxygen atoms in total. The summed E-state index contributed by atoms with van der Waals surface area (Å²) in [6.07, 6.45) is -3.83. The van der Waals surface area contributed by atoms with Gasteiger partial charge in [-0.05, 0) is 19.8 Å². The first-order valence-corrected chi connectivity index (χ1v) is 6.16. The van der Waals surface area contributed by atoms with E-state index in [4.69, 9.17) is 9.47 Å². The third kappa shape index (κ3) is 3.39. The van der Waals surface area contributed by atoms with Crippen molar-refractivity contribution in [3.8, 4) is 0 Å². The highest BCUT2D eigenvalue weighted by Gasteiger charge is 2.46. The van der Waals surface area contributed by atoms with E-state index in [-0.39, 0.29) is 18.6 Å². The van der Waals surface area contributed by atoms with Gasteiger partial charge in [0.05, 0.1) is 18.8 Å². The Morgan fingerprint density at radius 1 is 1.12 bits per heavy atom. The zero-order valence-electron chi connectivity index (χ0n) is 10.9. The van der Waals surface area contributed by atoms with Gasteiger partial charge in [-0.2, -0.15) is 0 Å². The molecule has 0 bridgehead atoms. The fraction of sp³-hybridized carbons (Fsp3) is 1.00. The Kier molecular flexibility index (Phi) is 5.34. The maximum Gasteiger partial charge on any atom is 0.115 e. The lowest BCUT2D eigenvalue weighted by molar-refractivity contribution is -0.256. The van der Waals surface area contributed by atoms with Crippen LogP contribution >= 0.6 is 0 Å². The maximum atomic E-state index is 10.1. The van der Waals surface area contributed by atoms with Gasteiger partial charge in [-0.15, -0.1) is 0 Å². The summed E-state index contributed by atoms with van der Waals surface area (Å²) in [7, 11) is 0. The Morgan fingerprint density at radius 3 is 2.12 bits per heavy atom. The van der Waals surface area contributed by atoms with Crippen molar-refractivity contribution >= 4 is 0 Å². The highest BCUT2D eigenvalue weighted by molar-refractivity contribution is 4.94. The van der Waals surface area contributed by atoms with Crippen LogP contribution in [0.1, 0.15) is 27.7 Å². The van der Waals surface area contributed by atoms with Gasteiger partial charge in [0, 0.05) is 0 Å². The normalized spacial score (nSPS) is 39.0. The zero-order chi connectivity index (χ0) is 13.2. The molecule has 1 fully saturated rings. The fourth-order valence-electron chi connectivity index (χ4n) is 2.14. The summed E-state index contributed by atoms with van der Waals surface area (Å²) in [5.41, 5.74) is 0. The molecule has 1 saturated heterocycles. The summed E-state index contributed by atoms with van der Waals surface area (Å²) in [5.74, 6) is 0.0878.